The minimum absolute atomic E-state index is 0.380. The number of nitrogens with one attached hydrogen (secondary N) is 1. The minimum Gasteiger partial charge on any atom is -0.456 e. The van der Waals surface area contributed by atoms with Gasteiger partial charge in [0.05, 0.1) is 11.2 Å². The number of rotatable bonds is 5. The SMILES string of the molecule is c1ccc(-c2ccc(C3N=C(c4cccc5c4sc4ccc6c(-c7ccccc7)nc7ccccc7c6c45)N=C(c4cccc5oc6ccccc6c45)N3)cc2)cc1. The average Bonchev–Trinajstić information content (AvgIpc) is 3.88. The number of aromatic nitrogens is 1. The second-order valence-electron chi connectivity index (χ2n) is 14.7. The van der Waals surface area contributed by atoms with Crippen LogP contribution in [-0.4, -0.2) is 16.7 Å². The van der Waals surface area contributed by atoms with Gasteiger partial charge in [0, 0.05) is 63.8 Å². The number of nitrogens with zero attached hydrogens (tertiary/aromatic N) is 3. The van der Waals surface area contributed by atoms with Gasteiger partial charge < -0.3 is 9.73 Å². The van der Waals surface area contributed by atoms with Crippen LogP contribution in [0.1, 0.15) is 22.9 Å². The molecule has 0 radical (unpaired) electrons. The van der Waals surface area contributed by atoms with E-state index in [0.29, 0.717) is 5.84 Å². The Kier molecular flexibility index (Phi) is 7.40. The summed E-state index contributed by atoms with van der Waals surface area (Å²) in [7, 11) is 0. The highest BCUT2D eigenvalue weighted by molar-refractivity contribution is 7.26. The first-order valence-electron chi connectivity index (χ1n) is 19.5. The largest absolute Gasteiger partial charge is 0.456 e. The zero-order valence-electron chi connectivity index (χ0n) is 31.1. The molecule has 0 saturated carbocycles. The molecule has 1 aliphatic rings. The highest BCUT2D eigenvalue weighted by Gasteiger charge is 2.26. The predicted molar refractivity (Wildman–Crippen MR) is 242 cm³/mol. The molecule has 272 valence electrons. The molecule has 0 aliphatic carbocycles. The number of pyridine rings is 1. The van der Waals surface area contributed by atoms with Gasteiger partial charge in [-0.1, -0.05) is 152 Å². The van der Waals surface area contributed by atoms with Gasteiger partial charge in [0.15, 0.2) is 5.84 Å². The molecule has 0 bridgehead atoms. The third kappa shape index (κ3) is 5.19. The van der Waals surface area contributed by atoms with Crippen molar-refractivity contribution in [3.05, 3.63) is 199 Å². The van der Waals surface area contributed by atoms with Crippen molar-refractivity contribution in [1.82, 2.24) is 10.3 Å². The molecule has 4 heterocycles. The molecule has 0 spiro atoms. The van der Waals surface area contributed by atoms with Gasteiger partial charge in [-0.05, 0) is 47.0 Å². The van der Waals surface area contributed by atoms with Crippen LogP contribution in [0.15, 0.2) is 196 Å². The topological polar surface area (TPSA) is 62.8 Å². The maximum Gasteiger partial charge on any atom is 0.160 e. The molecule has 3 aromatic heterocycles. The lowest BCUT2D eigenvalue weighted by atomic mass is 9.96. The Morgan fingerprint density at radius 1 is 0.483 bits per heavy atom. The first-order valence-corrected chi connectivity index (χ1v) is 20.3. The van der Waals surface area contributed by atoms with Gasteiger partial charge in [0.25, 0.3) is 0 Å². The lowest BCUT2D eigenvalue weighted by Crippen LogP contribution is -2.33. The van der Waals surface area contributed by atoms with E-state index in [0.717, 1.165) is 82.3 Å². The van der Waals surface area contributed by atoms with Gasteiger partial charge in [0.2, 0.25) is 0 Å². The molecular weight excluding hydrogens is 729 g/mol. The summed E-state index contributed by atoms with van der Waals surface area (Å²) in [5.41, 5.74) is 10.1. The molecule has 1 N–H and O–H groups in total. The molecule has 6 heteroatoms. The summed E-state index contributed by atoms with van der Waals surface area (Å²) in [4.78, 5) is 16.0. The van der Waals surface area contributed by atoms with Crippen LogP contribution in [0.25, 0.3) is 86.2 Å². The number of benzene rings is 8. The monoisotopic (exact) mass is 760 g/mol. The summed E-state index contributed by atoms with van der Waals surface area (Å²) in [6, 6.07) is 63.7. The van der Waals surface area contributed by atoms with Crippen molar-refractivity contribution in [3.8, 4) is 22.4 Å². The molecule has 8 aromatic carbocycles. The maximum absolute atomic E-state index is 6.34. The van der Waals surface area contributed by atoms with Gasteiger partial charge in [0.1, 0.15) is 23.2 Å². The molecule has 11 aromatic rings. The van der Waals surface area contributed by atoms with Crippen LogP contribution in [0.3, 0.4) is 0 Å². The number of hydrogen-bond acceptors (Lipinski definition) is 6. The predicted octanol–water partition coefficient (Wildman–Crippen LogP) is 13.5. The summed E-state index contributed by atoms with van der Waals surface area (Å²) in [6.07, 6.45) is -0.380. The molecule has 12 rings (SSSR count). The van der Waals surface area contributed by atoms with Gasteiger partial charge in [-0.25, -0.2) is 15.0 Å². The van der Waals surface area contributed by atoms with E-state index in [1.165, 1.54) is 26.4 Å². The molecule has 1 aliphatic heterocycles. The Balaban J connectivity index is 1.09. The first kappa shape index (κ1) is 32.8. The molecule has 58 heavy (non-hydrogen) atoms. The summed E-state index contributed by atoms with van der Waals surface area (Å²) >= 11 is 1.80. The van der Waals surface area contributed by atoms with Crippen LogP contribution < -0.4 is 5.32 Å². The summed E-state index contributed by atoms with van der Waals surface area (Å²) in [6.45, 7) is 0. The number of thiophene rings is 1. The third-order valence-corrected chi connectivity index (χ3v) is 12.6. The van der Waals surface area contributed by atoms with Gasteiger partial charge in [-0.2, -0.15) is 0 Å². The van der Waals surface area contributed by atoms with E-state index in [9.17, 15) is 0 Å². The quantitative estimate of drug-likeness (QED) is 0.178. The highest BCUT2D eigenvalue weighted by Crippen LogP contribution is 2.45. The Morgan fingerprint density at radius 2 is 1.16 bits per heavy atom. The zero-order valence-corrected chi connectivity index (χ0v) is 31.9. The highest BCUT2D eigenvalue weighted by atomic mass is 32.1. The van der Waals surface area contributed by atoms with Gasteiger partial charge >= 0.3 is 0 Å². The molecule has 0 amide bonds. The lowest BCUT2D eigenvalue weighted by molar-refractivity contribution is 0.668. The number of fused-ring (bicyclic) bond motifs is 10. The fraction of sp³-hybridized carbons (Fsp3) is 0.0192. The maximum atomic E-state index is 6.34. The van der Waals surface area contributed by atoms with Crippen molar-refractivity contribution >= 4 is 86.8 Å². The number of para-hydroxylation sites is 2. The van der Waals surface area contributed by atoms with E-state index in [2.05, 4.69) is 157 Å². The smallest absolute Gasteiger partial charge is 0.160 e. The van der Waals surface area contributed by atoms with Crippen LogP contribution >= 0.6 is 11.3 Å². The van der Waals surface area contributed by atoms with E-state index in [-0.39, 0.29) is 6.17 Å². The first-order chi connectivity index (χ1) is 28.7. The molecule has 5 nitrogen and oxygen atoms in total. The van der Waals surface area contributed by atoms with Crippen LogP contribution in [0.2, 0.25) is 0 Å². The minimum atomic E-state index is -0.380. The second-order valence-corrected chi connectivity index (χ2v) is 15.8. The van der Waals surface area contributed by atoms with E-state index < -0.39 is 0 Å². The van der Waals surface area contributed by atoms with E-state index >= 15 is 0 Å². The number of aliphatic imine (C=N–C) groups is 2. The van der Waals surface area contributed by atoms with Crippen LogP contribution in [0, 0.1) is 0 Å². The Labute approximate surface area is 337 Å². The Hall–Kier alpha value is -7.41. The fourth-order valence-corrected chi connectivity index (χ4v) is 9.88. The van der Waals surface area contributed by atoms with Crippen molar-refractivity contribution in [1.29, 1.82) is 0 Å². The zero-order chi connectivity index (χ0) is 38.2. The Morgan fingerprint density at radius 3 is 2.00 bits per heavy atom. The van der Waals surface area contributed by atoms with E-state index in [1.54, 1.807) is 11.3 Å². The lowest BCUT2D eigenvalue weighted by Gasteiger charge is -2.24. The fourth-order valence-electron chi connectivity index (χ4n) is 8.66. The van der Waals surface area contributed by atoms with E-state index in [1.807, 2.05) is 30.3 Å². The van der Waals surface area contributed by atoms with Crippen molar-refractivity contribution in [2.45, 2.75) is 6.17 Å². The second kappa shape index (κ2) is 13.1. The molecule has 0 saturated heterocycles. The summed E-state index contributed by atoms with van der Waals surface area (Å²) in [5.74, 6) is 1.45. The Bertz CT molecular complexity index is 3470. The van der Waals surface area contributed by atoms with Crippen molar-refractivity contribution < 1.29 is 4.42 Å². The normalized spacial score (nSPS) is 14.4. The number of hydrogen-bond donors (Lipinski definition) is 1. The van der Waals surface area contributed by atoms with Crippen LogP contribution in [0.5, 0.6) is 0 Å². The number of furan rings is 1. The third-order valence-electron chi connectivity index (χ3n) is 11.3. The molecule has 1 unspecified atom stereocenters. The number of amidine groups is 2. The van der Waals surface area contributed by atoms with Gasteiger partial charge in [-0.15, -0.1) is 11.3 Å². The van der Waals surface area contributed by atoms with Crippen molar-refractivity contribution in [3.63, 3.8) is 0 Å². The van der Waals surface area contributed by atoms with Crippen molar-refractivity contribution in [2.75, 3.05) is 0 Å². The van der Waals surface area contributed by atoms with Crippen LogP contribution in [-0.2, 0) is 0 Å². The average molecular weight is 761 g/mol. The molecular formula is C52H32N4OS. The standard InChI is InChI=1S/C52H32N4OS/c1-3-13-31(14-4-1)32-25-27-34(28-26-32)50-54-51(39-20-12-24-43-45(39)36-18-8-10-23-42(36)57-43)56-52(55-50)40-21-11-19-38-47-44(58-49(38)40)30-29-37-46(47)35-17-7-9-22-41(35)53-48(37)33-15-5-2-6-16-33/h1-30,50H,(H,54,55,56). The van der Waals surface area contributed by atoms with E-state index in [4.69, 9.17) is 19.4 Å². The summed E-state index contributed by atoms with van der Waals surface area (Å²) in [5, 5.41) is 11.8. The van der Waals surface area contributed by atoms with Crippen LogP contribution in [0.4, 0.5) is 0 Å². The van der Waals surface area contributed by atoms with Gasteiger partial charge in [-0.3, -0.25) is 0 Å². The summed E-state index contributed by atoms with van der Waals surface area (Å²) < 4.78 is 8.71. The molecule has 1 atom stereocenters. The van der Waals surface area contributed by atoms with Crippen molar-refractivity contribution in [2.24, 2.45) is 9.98 Å². The molecule has 0 fully saturated rings.